The number of nitrogens with zero attached hydrogens (tertiary/aromatic N) is 4. The van der Waals surface area contributed by atoms with Gasteiger partial charge in [-0.2, -0.15) is 5.10 Å². The number of hydrogen-bond acceptors (Lipinski definition) is 3. The van der Waals surface area contributed by atoms with Gasteiger partial charge in [0.25, 0.3) is 12.3 Å². The van der Waals surface area contributed by atoms with Crippen LogP contribution < -0.4 is 0 Å². The van der Waals surface area contributed by atoms with Crippen molar-refractivity contribution < 1.29 is 13.6 Å². The summed E-state index contributed by atoms with van der Waals surface area (Å²) in [5.41, 5.74) is 1.05. The van der Waals surface area contributed by atoms with Crippen molar-refractivity contribution in [3.05, 3.63) is 29.2 Å². The molecule has 128 valence electrons. The summed E-state index contributed by atoms with van der Waals surface area (Å²) >= 11 is 0. The first kappa shape index (κ1) is 15.5. The lowest BCUT2D eigenvalue weighted by molar-refractivity contribution is 0.0684. The van der Waals surface area contributed by atoms with Crippen LogP contribution >= 0.6 is 0 Å². The highest BCUT2D eigenvalue weighted by molar-refractivity contribution is 5.99. The van der Waals surface area contributed by atoms with Crippen LogP contribution in [0.4, 0.5) is 8.78 Å². The van der Waals surface area contributed by atoms with Gasteiger partial charge in [-0.15, -0.1) is 0 Å². The summed E-state index contributed by atoms with van der Waals surface area (Å²) in [6.07, 6.45) is 2.74. The molecule has 2 aromatic heterocycles. The van der Waals surface area contributed by atoms with Crippen LogP contribution in [-0.2, 0) is 0 Å². The second-order valence-electron chi connectivity index (χ2n) is 6.97. The largest absolute Gasteiger partial charge is 0.338 e. The summed E-state index contributed by atoms with van der Waals surface area (Å²) in [5, 5.41) is 4.02. The van der Waals surface area contributed by atoms with Crippen molar-refractivity contribution in [2.75, 3.05) is 13.1 Å². The molecule has 24 heavy (non-hydrogen) atoms. The van der Waals surface area contributed by atoms with Crippen molar-refractivity contribution in [3.8, 4) is 0 Å². The van der Waals surface area contributed by atoms with Crippen molar-refractivity contribution >= 4 is 11.6 Å². The quantitative estimate of drug-likeness (QED) is 0.864. The maximum atomic E-state index is 13.4. The second kappa shape index (κ2) is 5.79. The second-order valence-corrected chi connectivity index (χ2v) is 6.97. The van der Waals surface area contributed by atoms with E-state index in [1.807, 2.05) is 0 Å². The van der Waals surface area contributed by atoms with Gasteiger partial charge in [0.05, 0.1) is 6.20 Å². The minimum Gasteiger partial charge on any atom is -0.338 e. The Kier molecular flexibility index (Phi) is 3.73. The van der Waals surface area contributed by atoms with E-state index in [4.69, 9.17) is 0 Å². The minimum absolute atomic E-state index is 0.155. The van der Waals surface area contributed by atoms with Gasteiger partial charge in [-0.3, -0.25) is 4.79 Å². The summed E-state index contributed by atoms with van der Waals surface area (Å²) in [4.78, 5) is 19.1. The van der Waals surface area contributed by atoms with Crippen LogP contribution in [0.5, 0.6) is 0 Å². The number of halogens is 2. The highest BCUT2D eigenvalue weighted by atomic mass is 19.3. The Bertz CT molecular complexity index is 784. The molecule has 7 heteroatoms. The molecule has 0 N–H and O–H groups in total. The molecule has 2 aliphatic rings. The molecule has 1 aliphatic heterocycles. The Morgan fingerprint density at radius 1 is 1.33 bits per heavy atom. The van der Waals surface area contributed by atoms with Gasteiger partial charge >= 0.3 is 0 Å². The van der Waals surface area contributed by atoms with Gasteiger partial charge in [0.1, 0.15) is 11.3 Å². The topological polar surface area (TPSA) is 50.5 Å². The summed E-state index contributed by atoms with van der Waals surface area (Å²) < 4.78 is 27.9. The molecule has 2 fully saturated rings. The highest BCUT2D eigenvalue weighted by Gasteiger charge is 2.30. The van der Waals surface area contributed by atoms with Crippen LogP contribution in [0.15, 0.2) is 12.3 Å². The Hall–Kier alpha value is -2.05. The summed E-state index contributed by atoms with van der Waals surface area (Å²) in [5.74, 6) is 0.536. The van der Waals surface area contributed by atoms with Crippen LogP contribution in [0.25, 0.3) is 5.65 Å². The fourth-order valence-electron chi connectivity index (χ4n) is 3.44. The molecule has 0 bridgehead atoms. The standard InChI is InChI=1S/C17H20F2N4O/c1-10-3-2-6-22(9-10)17(24)12-8-20-23-14(15(18)19)7-13(11-4-5-11)21-16(12)23/h7-8,10-11,15H,2-6,9H2,1H3. The van der Waals surface area contributed by atoms with Crippen LogP contribution in [0.1, 0.15) is 66.7 Å². The van der Waals surface area contributed by atoms with E-state index in [0.717, 1.165) is 30.2 Å². The number of carbonyl (C=O) groups excluding carboxylic acids is 1. The third-order valence-corrected chi connectivity index (χ3v) is 4.91. The summed E-state index contributed by atoms with van der Waals surface area (Å²) in [7, 11) is 0. The molecule has 1 saturated heterocycles. The molecule has 1 unspecified atom stereocenters. The molecular weight excluding hydrogens is 314 g/mol. The van der Waals surface area contributed by atoms with E-state index in [0.29, 0.717) is 30.3 Å². The molecule has 4 rings (SSSR count). The van der Waals surface area contributed by atoms with Gasteiger partial charge in [-0.25, -0.2) is 18.3 Å². The summed E-state index contributed by atoms with van der Waals surface area (Å²) in [6.45, 7) is 3.51. The van der Waals surface area contributed by atoms with Crippen molar-refractivity contribution in [3.63, 3.8) is 0 Å². The van der Waals surface area contributed by atoms with Crippen LogP contribution in [-0.4, -0.2) is 38.5 Å². The Morgan fingerprint density at radius 3 is 2.79 bits per heavy atom. The molecule has 3 heterocycles. The smallest absolute Gasteiger partial charge is 0.280 e. The molecule has 0 aromatic carbocycles. The number of amides is 1. The average molecular weight is 334 g/mol. The zero-order valence-electron chi connectivity index (χ0n) is 13.6. The minimum atomic E-state index is -2.65. The van der Waals surface area contributed by atoms with E-state index < -0.39 is 6.43 Å². The molecule has 1 saturated carbocycles. The number of aromatic nitrogens is 3. The van der Waals surface area contributed by atoms with Crippen LogP contribution in [0, 0.1) is 5.92 Å². The van der Waals surface area contributed by atoms with E-state index in [9.17, 15) is 13.6 Å². The number of hydrogen-bond donors (Lipinski definition) is 0. The van der Waals surface area contributed by atoms with Crippen LogP contribution in [0.3, 0.4) is 0 Å². The normalized spacial score (nSPS) is 21.7. The average Bonchev–Trinajstić information content (AvgIpc) is 3.33. The Labute approximate surface area is 138 Å². The zero-order valence-corrected chi connectivity index (χ0v) is 13.6. The predicted molar refractivity (Wildman–Crippen MR) is 84.2 cm³/mol. The van der Waals surface area contributed by atoms with Gasteiger partial charge < -0.3 is 4.90 Å². The van der Waals surface area contributed by atoms with Crippen molar-refractivity contribution in [1.82, 2.24) is 19.5 Å². The third-order valence-electron chi connectivity index (χ3n) is 4.91. The Balaban J connectivity index is 1.77. The monoisotopic (exact) mass is 334 g/mol. The first-order valence-electron chi connectivity index (χ1n) is 8.50. The number of alkyl halides is 2. The van der Waals surface area contributed by atoms with Crippen molar-refractivity contribution in [1.29, 1.82) is 0 Å². The lowest BCUT2D eigenvalue weighted by atomic mass is 10.00. The first-order chi connectivity index (χ1) is 11.5. The number of carbonyl (C=O) groups is 1. The van der Waals surface area contributed by atoms with Crippen molar-refractivity contribution in [2.45, 2.75) is 45.0 Å². The number of piperidine rings is 1. The number of rotatable bonds is 3. The zero-order chi connectivity index (χ0) is 16.8. The van der Waals surface area contributed by atoms with E-state index >= 15 is 0 Å². The lowest BCUT2D eigenvalue weighted by Gasteiger charge is -2.30. The van der Waals surface area contributed by atoms with Gasteiger partial charge in [0.2, 0.25) is 0 Å². The fourth-order valence-corrected chi connectivity index (χ4v) is 3.44. The van der Waals surface area contributed by atoms with Gasteiger partial charge in [-0.05, 0) is 37.7 Å². The third kappa shape index (κ3) is 2.65. The predicted octanol–water partition coefficient (Wildman–Crippen LogP) is 3.42. The number of likely N-dealkylation sites (tertiary alicyclic amines) is 1. The van der Waals surface area contributed by atoms with Crippen LogP contribution in [0.2, 0.25) is 0 Å². The molecule has 5 nitrogen and oxygen atoms in total. The SMILES string of the molecule is CC1CCCN(C(=O)c2cnn3c(C(F)F)cc(C4CC4)nc23)C1. The molecule has 1 aliphatic carbocycles. The van der Waals surface area contributed by atoms with Gasteiger partial charge in [0, 0.05) is 24.7 Å². The van der Waals surface area contributed by atoms with E-state index in [2.05, 4.69) is 17.0 Å². The summed E-state index contributed by atoms with van der Waals surface area (Å²) in [6, 6.07) is 1.43. The van der Waals surface area contributed by atoms with E-state index in [-0.39, 0.29) is 23.2 Å². The van der Waals surface area contributed by atoms with E-state index in [1.165, 1.54) is 12.3 Å². The molecule has 1 atom stereocenters. The highest BCUT2D eigenvalue weighted by Crippen LogP contribution is 2.40. The van der Waals surface area contributed by atoms with Gasteiger partial charge in [-0.1, -0.05) is 6.92 Å². The maximum Gasteiger partial charge on any atom is 0.280 e. The number of fused-ring (bicyclic) bond motifs is 1. The fraction of sp³-hybridized carbons (Fsp3) is 0.588. The van der Waals surface area contributed by atoms with Crippen molar-refractivity contribution in [2.24, 2.45) is 5.92 Å². The lowest BCUT2D eigenvalue weighted by Crippen LogP contribution is -2.39. The van der Waals surface area contributed by atoms with Gasteiger partial charge in [0.15, 0.2) is 5.65 Å². The van der Waals surface area contributed by atoms with E-state index in [1.54, 1.807) is 4.90 Å². The molecule has 0 radical (unpaired) electrons. The first-order valence-corrected chi connectivity index (χ1v) is 8.50. The molecular formula is C17H20F2N4O. The maximum absolute atomic E-state index is 13.4. The molecule has 0 spiro atoms. The Morgan fingerprint density at radius 2 is 2.12 bits per heavy atom. The molecule has 2 aromatic rings. The molecule has 1 amide bonds.